The summed E-state index contributed by atoms with van der Waals surface area (Å²) in [5, 5.41) is 0. The van der Waals surface area contributed by atoms with Gasteiger partial charge in [-0.1, -0.05) is 12.7 Å². The largest absolute Gasteiger partial charge is 0.464 e. The van der Waals surface area contributed by atoms with Gasteiger partial charge in [0, 0.05) is 0 Å². The molecule has 1 saturated heterocycles. The Balaban J connectivity index is 2.39. The lowest BCUT2D eigenvalue weighted by Crippen LogP contribution is -2.00. The third-order valence-electron chi connectivity index (χ3n) is 1.04. The Morgan fingerprint density at radius 1 is 1.78 bits per heavy atom. The van der Waals surface area contributed by atoms with Gasteiger partial charge in [0.2, 0.25) is 6.29 Å². The molecule has 2 nitrogen and oxygen atoms in total. The van der Waals surface area contributed by atoms with Crippen molar-refractivity contribution in [1.82, 2.24) is 0 Å². The van der Waals surface area contributed by atoms with Crippen LogP contribution >= 0.6 is 0 Å². The molecule has 0 bridgehead atoms. The first-order valence-corrected chi connectivity index (χ1v) is 2.92. The molecule has 0 aliphatic carbocycles. The Morgan fingerprint density at radius 2 is 2.56 bits per heavy atom. The first-order valence-electron chi connectivity index (χ1n) is 2.92. The van der Waals surface area contributed by atoms with Gasteiger partial charge in [0.05, 0.1) is 0 Å². The molecular formula is C7H10O2. The monoisotopic (exact) mass is 126 g/mol. The zero-order chi connectivity index (χ0) is 6.69. The third kappa shape index (κ3) is 1.57. The van der Waals surface area contributed by atoms with Crippen LogP contribution in [0.3, 0.4) is 0 Å². The maximum Gasteiger partial charge on any atom is 0.219 e. The van der Waals surface area contributed by atoms with Crippen molar-refractivity contribution in [3.8, 4) is 0 Å². The first kappa shape index (κ1) is 6.36. The molecule has 1 aliphatic rings. The molecule has 1 heterocycles. The molecule has 0 radical (unpaired) electrons. The van der Waals surface area contributed by atoms with Crippen LogP contribution in [0.1, 0.15) is 6.92 Å². The smallest absolute Gasteiger partial charge is 0.219 e. The number of hydrogen-bond acceptors (Lipinski definition) is 2. The Bertz CT molecular complexity index is 138. The van der Waals surface area contributed by atoms with Crippen molar-refractivity contribution in [2.24, 2.45) is 0 Å². The average Bonchev–Trinajstić information content (AvgIpc) is 2.17. The molecule has 0 N–H and O–H groups in total. The van der Waals surface area contributed by atoms with E-state index in [1.807, 2.05) is 19.1 Å². The molecule has 2 heteroatoms. The molecule has 0 aromatic carbocycles. The molecule has 0 spiro atoms. The van der Waals surface area contributed by atoms with Gasteiger partial charge in [-0.15, -0.1) is 0 Å². The Morgan fingerprint density at radius 3 is 3.00 bits per heavy atom. The van der Waals surface area contributed by atoms with Crippen LogP contribution in [0, 0.1) is 0 Å². The molecular weight excluding hydrogens is 116 g/mol. The SMILES string of the molecule is C=C1COC(C=CC)O1. The summed E-state index contributed by atoms with van der Waals surface area (Å²) in [5.41, 5.74) is 0. The van der Waals surface area contributed by atoms with Gasteiger partial charge in [-0.3, -0.25) is 0 Å². The van der Waals surface area contributed by atoms with E-state index in [0.717, 1.165) is 0 Å². The van der Waals surface area contributed by atoms with E-state index in [-0.39, 0.29) is 6.29 Å². The number of ether oxygens (including phenoxy) is 2. The average molecular weight is 126 g/mol. The fourth-order valence-corrected chi connectivity index (χ4v) is 0.659. The summed E-state index contributed by atoms with van der Waals surface area (Å²) < 4.78 is 10.2. The van der Waals surface area contributed by atoms with Crippen molar-refractivity contribution >= 4 is 0 Å². The van der Waals surface area contributed by atoms with Gasteiger partial charge in [-0.05, 0) is 13.0 Å². The van der Waals surface area contributed by atoms with E-state index in [1.165, 1.54) is 0 Å². The van der Waals surface area contributed by atoms with E-state index >= 15 is 0 Å². The summed E-state index contributed by atoms with van der Waals surface area (Å²) in [6.07, 6.45) is 3.55. The zero-order valence-electron chi connectivity index (χ0n) is 5.46. The van der Waals surface area contributed by atoms with Crippen LogP contribution in [0.25, 0.3) is 0 Å². The molecule has 9 heavy (non-hydrogen) atoms. The van der Waals surface area contributed by atoms with Crippen molar-refractivity contribution in [2.75, 3.05) is 6.61 Å². The van der Waals surface area contributed by atoms with Gasteiger partial charge in [0.25, 0.3) is 0 Å². The molecule has 0 saturated carbocycles. The molecule has 0 amide bonds. The molecule has 1 rings (SSSR count). The highest BCUT2D eigenvalue weighted by atomic mass is 16.7. The van der Waals surface area contributed by atoms with Gasteiger partial charge < -0.3 is 9.47 Å². The van der Waals surface area contributed by atoms with E-state index in [9.17, 15) is 0 Å². The van der Waals surface area contributed by atoms with Crippen LogP contribution in [-0.2, 0) is 9.47 Å². The molecule has 0 aromatic heterocycles. The zero-order valence-corrected chi connectivity index (χ0v) is 5.46. The summed E-state index contributed by atoms with van der Waals surface area (Å²) in [6, 6.07) is 0. The van der Waals surface area contributed by atoms with E-state index in [0.29, 0.717) is 12.4 Å². The van der Waals surface area contributed by atoms with Crippen LogP contribution in [0.15, 0.2) is 24.5 Å². The van der Waals surface area contributed by atoms with Crippen LogP contribution in [0.4, 0.5) is 0 Å². The lowest BCUT2D eigenvalue weighted by atomic mass is 10.5. The second kappa shape index (κ2) is 2.69. The maximum atomic E-state index is 5.10. The van der Waals surface area contributed by atoms with Crippen molar-refractivity contribution in [1.29, 1.82) is 0 Å². The Labute approximate surface area is 54.8 Å². The normalized spacial score (nSPS) is 27.2. The van der Waals surface area contributed by atoms with Gasteiger partial charge in [-0.2, -0.15) is 0 Å². The molecule has 50 valence electrons. The van der Waals surface area contributed by atoms with Gasteiger partial charge >= 0.3 is 0 Å². The minimum Gasteiger partial charge on any atom is -0.464 e. The standard InChI is InChI=1S/C7H10O2/c1-3-4-7-8-5-6(2)9-7/h3-4,7H,2,5H2,1H3. The summed E-state index contributed by atoms with van der Waals surface area (Å²) in [4.78, 5) is 0. The first-order chi connectivity index (χ1) is 4.33. The highest BCUT2D eigenvalue weighted by Crippen LogP contribution is 2.12. The highest BCUT2D eigenvalue weighted by molar-refractivity contribution is 4.93. The van der Waals surface area contributed by atoms with Gasteiger partial charge in [0.15, 0.2) is 0 Å². The van der Waals surface area contributed by atoms with Gasteiger partial charge in [-0.25, -0.2) is 0 Å². The highest BCUT2D eigenvalue weighted by Gasteiger charge is 2.15. The third-order valence-corrected chi connectivity index (χ3v) is 1.04. The van der Waals surface area contributed by atoms with Crippen LogP contribution in [0.2, 0.25) is 0 Å². The number of hydrogen-bond donors (Lipinski definition) is 0. The van der Waals surface area contributed by atoms with Crippen molar-refractivity contribution in [3.63, 3.8) is 0 Å². The van der Waals surface area contributed by atoms with E-state index in [4.69, 9.17) is 9.47 Å². The fourth-order valence-electron chi connectivity index (χ4n) is 0.659. The maximum absolute atomic E-state index is 5.10. The molecule has 1 unspecified atom stereocenters. The summed E-state index contributed by atoms with van der Waals surface area (Å²) in [5.74, 6) is 0.707. The predicted octanol–water partition coefficient (Wildman–Crippen LogP) is 1.45. The van der Waals surface area contributed by atoms with Crippen molar-refractivity contribution in [3.05, 3.63) is 24.5 Å². The van der Waals surface area contributed by atoms with Crippen LogP contribution < -0.4 is 0 Å². The number of rotatable bonds is 1. The molecule has 0 aromatic rings. The second-order valence-electron chi connectivity index (χ2n) is 1.86. The van der Waals surface area contributed by atoms with E-state index < -0.39 is 0 Å². The van der Waals surface area contributed by atoms with Crippen LogP contribution in [-0.4, -0.2) is 12.9 Å². The van der Waals surface area contributed by atoms with E-state index in [1.54, 1.807) is 0 Å². The van der Waals surface area contributed by atoms with Crippen molar-refractivity contribution in [2.45, 2.75) is 13.2 Å². The quantitative estimate of drug-likeness (QED) is 0.495. The predicted molar refractivity (Wildman–Crippen MR) is 34.8 cm³/mol. The second-order valence-corrected chi connectivity index (χ2v) is 1.86. The summed E-state index contributed by atoms with van der Waals surface area (Å²) in [7, 11) is 0. The lowest BCUT2D eigenvalue weighted by Gasteiger charge is -2.00. The Hall–Kier alpha value is -0.760. The molecule has 1 atom stereocenters. The topological polar surface area (TPSA) is 18.5 Å². The molecule has 1 aliphatic heterocycles. The minimum atomic E-state index is -0.192. The van der Waals surface area contributed by atoms with Gasteiger partial charge in [0.1, 0.15) is 12.4 Å². The Kier molecular flexibility index (Phi) is 1.90. The van der Waals surface area contributed by atoms with Crippen molar-refractivity contribution < 1.29 is 9.47 Å². The lowest BCUT2D eigenvalue weighted by molar-refractivity contribution is 0.00887. The van der Waals surface area contributed by atoms with E-state index in [2.05, 4.69) is 6.58 Å². The summed E-state index contributed by atoms with van der Waals surface area (Å²) in [6.45, 7) is 6.05. The fraction of sp³-hybridized carbons (Fsp3) is 0.429. The number of allylic oxidation sites excluding steroid dienone is 1. The molecule has 1 fully saturated rings. The van der Waals surface area contributed by atoms with Crippen LogP contribution in [0.5, 0.6) is 0 Å². The summed E-state index contributed by atoms with van der Waals surface area (Å²) >= 11 is 0. The minimum absolute atomic E-state index is 0.192.